The van der Waals surface area contributed by atoms with Gasteiger partial charge in [-0.25, -0.2) is 4.98 Å². The molecular weight excluding hydrogens is 438 g/mol. The maximum absolute atomic E-state index is 13.4. The van der Waals surface area contributed by atoms with Gasteiger partial charge in [-0.3, -0.25) is 9.89 Å². The largest absolute Gasteiger partial charge is 0.475 e. The first-order valence-electron chi connectivity index (χ1n) is 12.1. The molecular formula is C28H31N5O2. The molecule has 2 aromatic heterocycles. The van der Waals surface area contributed by atoms with Gasteiger partial charge in [0.2, 0.25) is 5.88 Å². The summed E-state index contributed by atoms with van der Waals surface area (Å²) in [6.07, 6.45) is 2.83. The minimum absolute atomic E-state index is 0.0425. The average molecular weight is 470 g/mol. The molecule has 180 valence electrons. The number of fused-ring (bicyclic) bond motifs is 1. The Labute approximate surface area is 205 Å². The molecule has 1 amide bonds. The summed E-state index contributed by atoms with van der Waals surface area (Å²) in [5.41, 5.74) is 4.39. The van der Waals surface area contributed by atoms with E-state index in [0.29, 0.717) is 17.4 Å². The van der Waals surface area contributed by atoms with Crippen molar-refractivity contribution in [1.29, 1.82) is 0 Å². The number of rotatable bonds is 6. The van der Waals surface area contributed by atoms with Crippen molar-refractivity contribution >= 4 is 16.8 Å². The first kappa shape index (κ1) is 23.1. The standard InChI is InChI=1S/C28H31N5O2/c1-18(2)35-26-12-10-21(16-29-26)27-23-15-20(9-11-24(23)31-32-27)28(34)30-25-17-33(3)14-13-22(25)19-7-5-4-6-8-19/h4-12,15-16,18,22,25H,13-14,17H2,1-3H3,(H,30,34)(H,31,32)/t22-,25+/m0/s1. The van der Waals surface area contributed by atoms with E-state index in [1.54, 1.807) is 6.20 Å². The third kappa shape index (κ3) is 5.05. The van der Waals surface area contributed by atoms with Gasteiger partial charge in [-0.05, 0) is 63.7 Å². The van der Waals surface area contributed by atoms with E-state index in [4.69, 9.17) is 4.74 Å². The van der Waals surface area contributed by atoms with Crippen LogP contribution in [0.15, 0.2) is 66.9 Å². The highest BCUT2D eigenvalue weighted by molar-refractivity contribution is 6.01. The SMILES string of the molecule is CC(C)Oc1ccc(-c2n[nH]c3ccc(C(=O)N[C@@H]4CN(C)CC[C@H]4c4ccccc4)cc23)cn1. The average Bonchev–Trinajstić information content (AvgIpc) is 3.28. The Bertz CT molecular complexity index is 1300. The summed E-state index contributed by atoms with van der Waals surface area (Å²) in [6.45, 7) is 5.78. The molecule has 0 unspecified atom stereocenters. The number of ether oxygens (including phenoxy) is 1. The lowest BCUT2D eigenvalue weighted by atomic mass is 9.85. The molecule has 5 rings (SSSR count). The van der Waals surface area contributed by atoms with Crippen LogP contribution in [0.3, 0.4) is 0 Å². The Balaban J connectivity index is 1.39. The number of amides is 1. The number of nitrogens with zero attached hydrogens (tertiary/aromatic N) is 3. The summed E-state index contributed by atoms with van der Waals surface area (Å²) >= 11 is 0. The van der Waals surface area contributed by atoms with Crippen LogP contribution in [0, 0.1) is 0 Å². The van der Waals surface area contributed by atoms with E-state index >= 15 is 0 Å². The summed E-state index contributed by atoms with van der Waals surface area (Å²) < 4.78 is 5.65. The number of aromatic nitrogens is 3. The van der Waals surface area contributed by atoms with E-state index in [-0.39, 0.29) is 18.1 Å². The number of pyridine rings is 1. The Kier molecular flexibility index (Phi) is 6.51. The van der Waals surface area contributed by atoms with Gasteiger partial charge < -0.3 is 15.0 Å². The Hall–Kier alpha value is -3.71. The maximum Gasteiger partial charge on any atom is 0.251 e. The number of likely N-dealkylation sites (N-methyl/N-ethyl adjacent to an activating group) is 1. The zero-order valence-corrected chi connectivity index (χ0v) is 20.4. The highest BCUT2D eigenvalue weighted by atomic mass is 16.5. The number of likely N-dealkylation sites (tertiary alicyclic amines) is 1. The first-order chi connectivity index (χ1) is 17.0. The predicted molar refractivity (Wildman–Crippen MR) is 138 cm³/mol. The zero-order valence-electron chi connectivity index (χ0n) is 20.4. The lowest BCUT2D eigenvalue weighted by Gasteiger charge is -2.37. The number of benzene rings is 2. The smallest absolute Gasteiger partial charge is 0.251 e. The van der Waals surface area contributed by atoms with E-state index in [9.17, 15) is 4.79 Å². The number of aromatic amines is 1. The molecule has 4 aromatic rings. The molecule has 7 heteroatoms. The highest BCUT2D eigenvalue weighted by Gasteiger charge is 2.30. The Morgan fingerprint density at radius 1 is 1.14 bits per heavy atom. The van der Waals surface area contributed by atoms with Crippen LogP contribution >= 0.6 is 0 Å². The summed E-state index contributed by atoms with van der Waals surface area (Å²) in [5, 5.41) is 11.8. The molecule has 0 spiro atoms. The van der Waals surface area contributed by atoms with Crippen molar-refractivity contribution in [2.45, 2.75) is 38.3 Å². The van der Waals surface area contributed by atoms with Gasteiger partial charge in [0.1, 0.15) is 5.69 Å². The van der Waals surface area contributed by atoms with Crippen LogP contribution in [-0.2, 0) is 0 Å². The Morgan fingerprint density at radius 3 is 2.71 bits per heavy atom. The van der Waals surface area contributed by atoms with Crippen LogP contribution in [0.25, 0.3) is 22.2 Å². The third-order valence-electron chi connectivity index (χ3n) is 6.55. The van der Waals surface area contributed by atoms with Crippen molar-refractivity contribution in [3.63, 3.8) is 0 Å². The van der Waals surface area contributed by atoms with Crippen molar-refractivity contribution in [1.82, 2.24) is 25.4 Å². The number of nitrogens with one attached hydrogen (secondary N) is 2. The molecule has 2 atom stereocenters. The highest BCUT2D eigenvalue weighted by Crippen LogP contribution is 2.30. The fourth-order valence-electron chi connectivity index (χ4n) is 4.82. The molecule has 0 bridgehead atoms. The molecule has 2 aromatic carbocycles. The van der Waals surface area contributed by atoms with E-state index < -0.39 is 0 Å². The topological polar surface area (TPSA) is 83.1 Å². The van der Waals surface area contributed by atoms with E-state index in [1.807, 2.05) is 50.2 Å². The third-order valence-corrected chi connectivity index (χ3v) is 6.55. The van der Waals surface area contributed by atoms with E-state index in [1.165, 1.54) is 5.56 Å². The van der Waals surface area contributed by atoms with Crippen molar-refractivity contribution in [2.24, 2.45) is 0 Å². The van der Waals surface area contributed by atoms with Crippen molar-refractivity contribution < 1.29 is 9.53 Å². The maximum atomic E-state index is 13.4. The minimum Gasteiger partial charge on any atom is -0.475 e. The zero-order chi connectivity index (χ0) is 24.4. The minimum atomic E-state index is -0.0703. The van der Waals surface area contributed by atoms with Crippen LogP contribution < -0.4 is 10.1 Å². The second-order valence-corrected chi connectivity index (χ2v) is 9.53. The number of hydrogen-bond donors (Lipinski definition) is 2. The number of hydrogen-bond acceptors (Lipinski definition) is 5. The normalized spacial score (nSPS) is 18.6. The molecule has 0 aliphatic carbocycles. The number of H-pyrrole nitrogens is 1. The number of carbonyl (C=O) groups excluding carboxylic acids is 1. The fourth-order valence-corrected chi connectivity index (χ4v) is 4.82. The predicted octanol–water partition coefficient (Wildman–Crippen LogP) is 4.63. The van der Waals surface area contributed by atoms with Crippen LogP contribution in [0.5, 0.6) is 5.88 Å². The van der Waals surface area contributed by atoms with Gasteiger partial charge >= 0.3 is 0 Å². The monoisotopic (exact) mass is 469 g/mol. The van der Waals surface area contributed by atoms with Crippen molar-refractivity contribution in [3.05, 3.63) is 78.0 Å². The van der Waals surface area contributed by atoms with Crippen LogP contribution in [0.2, 0.25) is 0 Å². The quantitative estimate of drug-likeness (QED) is 0.430. The lowest BCUT2D eigenvalue weighted by molar-refractivity contribution is 0.0900. The van der Waals surface area contributed by atoms with Gasteiger partial charge in [-0.2, -0.15) is 5.10 Å². The van der Waals surface area contributed by atoms with Crippen LogP contribution in [0.1, 0.15) is 42.1 Å². The first-order valence-corrected chi connectivity index (χ1v) is 12.1. The molecule has 7 nitrogen and oxygen atoms in total. The van der Waals surface area contributed by atoms with Gasteiger partial charge in [-0.1, -0.05) is 30.3 Å². The van der Waals surface area contributed by atoms with Crippen molar-refractivity contribution in [3.8, 4) is 17.1 Å². The Morgan fingerprint density at radius 2 is 1.97 bits per heavy atom. The second-order valence-electron chi connectivity index (χ2n) is 9.53. The summed E-state index contributed by atoms with van der Waals surface area (Å²) in [4.78, 5) is 20.0. The van der Waals surface area contributed by atoms with Gasteiger partial charge in [0.05, 0.1) is 11.6 Å². The van der Waals surface area contributed by atoms with Crippen LogP contribution in [0.4, 0.5) is 0 Å². The molecule has 1 aliphatic rings. The second kappa shape index (κ2) is 9.88. The summed E-state index contributed by atoms with van der Waals surface area (Å²) in [6, 6.07) is 20.0. The van der Waals surface area contributed by atoms with Crippen molar-refractivity contribution in [2.75, 3.05) is 20.1 Å². The number of carbonyl (C=O) groups is 1. The molecule has 3 heterocycles. The summed E-state index contributed by atoms with van der Waals surface area (Å²) in [7, 11) is 2.11. The molecule has 1 fully saturated rings. The van der Waals surface area contributed by atoms with Gasteiger partial charge in [0.15, 0.2) is 0 Å². The van der Waals surface area contributed by atoms with E-state index in [2.05, 4.69) is 56.7 Å². The molecule has 35 heavy (non-hydrogen) atoms. The van der Waals surface area contributed by atoms with Gasteiger partial charge in [0.25, 0.3) is 5.91 Å². The van der Waals surface area contributed by atoms with E-state index in [0.717, 1.165) is 41.7 Å². The molecule has 2 N–H and O–H groups in total. The van der Waals surface area contributed by atoms with Gasteiger partial charge in [0, 0.05) is 47.3 Å². The summed E-state index contributed by atoms with van der Waals surface area (Å²) in [5.74, 6) is 0.801. The fraction of sp³-hybridized carbons (Fsp3) is 0.321. The molecule has 0 radical (unpaired) electrons. The lowest BCUT2D eigenvalue weighted by Crippen LogP contribution is -2.50. The van der Waals surface area contributed by atoms with Gasteiger partial charge in [-0.15, -0.1) is 0 Å². The van der Waals surface area contributed by atoms with Crippen LogP contribution in [-0.4, -0.2) is 58.3 Å². The molecule has 1 saturated heterocycles. The molecule has 1 aliphatic heterocycles. The molecule has 0 saturated carbocycles. The number of piperidine rings is 1.